The van der Waals surface area contributed by atoms with Crippen LogP contribution in [0.25, 0.3) is 10.9 Å². The molecule has 2 heterocycles. The second kappa shape index (κ2) is 7.94. The van der Waals surface area contributed by atoms with Gasteiger partial charge in [0.25, 0.3) is 0 Å². The summed E-state index contributed by atoms with van der Waals surface area (Å²) in [5.41, 5.74) is 2.30. The molecular weight excluding hydrogens is 415 g/mol. The molecule has 1 aromatic carbocycles. The van der Waals surface area contributed by atoms with Crippen molar-refractivity contribution in [3.05, 3.63) is 47.0 Å². The molecule has 160 valence electrons. The molecule has 2 aromatic heterocycles. The zero-order chi connectivity index (χ0) is 21.5. The number of thiophene rings is 1. The monoisotopic (exact) mass is 437 g/mol. The van der Waals surface area contributed by atoms with E-state index in [1.165, 1.54) is 11.6 Å². The van der Waals surface area contributed by atoms with Crippen molar-refractivity contribution in [2.24, 2.45) is 13.0 Å². The quantitative estimate of drug-likeness (QED) is 0.569. The molecule has 3 aromatic rings. The lowest BCUT2D eigenvalue weighted by Gasteiger charge is -2.12. The Bertz CT molecular complexity index is 1060. The molecule has 0 aliphatic heterocycles. The molecule has 1 saturated carbocycles. The van der Waals surface area contributed by atoms with Gasteiger partial charge in [0.1, 0.15) is 0 Å². The molecule has 5 nitrogen and oxygen atoms in total. The first-order chi connectivity index (χ1) is 14.2. The lowest BCUT2D eigenvalue weighted by Crippen LogP contribution is -2.26. The molecule has 30 heavy (non-hydrogen) atoms. The first-order valence-electron chi connectivity index (χ1n) is 9.70. The predicted octanol–water partition coefficient (Wildman–Crippen LogP) is 4.95. The number of carbonyl (C=O) groups excluding carboxylic acids is 1. The maximum atomic E-state index is 12.4. The summed E-state index contributed by atoms with van der Waals surface area (Å²) >= 11 is 1.11. The number of benzene rings is 1. The van der Waals surface area contributed by atoms with E-state index in [0.717, 1.165) is 33.5 Å². The normalized spacial score (nSPS) is 19.6. The summed E-state index contributed by atoms with van der Waals surface area (Å²) in [5, 5.41) is 8.49. The Kier molecular flexibility index (Phi) is 5.48. The van der Waals surface area contributed by atoms with Crippen LogP contribution in [-0.2, 0) is 11.8 Å². The van der Waals surface area contributed by atoms with Gasteiger partial charge in [-0.25, -0.2) is 0 Å². The van der Waals surface area contributed by atoms with Crippen molar-refractivity contribution in [1.29, 1.82) is 0 Å². The van der Waals surface area contributed by atoms with Gasteiger partial charge in [-0.05, 0) is 48.9 Å². The number of alkyl halides is 3. The highest BCUT2D eigenvalue weighted by molar-refractivity contribution is 7.13. The molecule has 1 aliphatic carbocycles. The van der Waals surface area contributed by atoms with Crippen LogP contribution >= 0.6 is 11.3 Å². The van der Waals surface area contributed by atoms with Crippen molar-refractivity contribution in [3.8, 4) is 5.06 Å². The molecule has 9 heteroatoms. The highest BCUT2D eigenvalue weighted by atomic mass is 32.1. The number of hydrogen-bond acceptors (Lipinski definition) is 4. The number of hydrogen-bond donors (Lipinski definition) is 1. The third kappa shape index (κ3) is 4.77. The van der Waals surface area contributed by atoms with E-state index in [9.17, 15) is 18.0 Å². The van der Waals surface area contributed by atoms with Crippen molar-refractivity contribution in [2.75, 3.05) is 6.61 Å². The summed E-state index contributed by atoms with van der Waals surface area (Å²) in [6.45, 7) is 0.499. The molecule has 0 spiro atoms. The smallest absolute Gasteiger partial charge is 0.422 e. The van der Waals surface area contributed by atoms with E-state index in [1.807, 2.05) is 24.9 Å². The van der Waals surface area contributed by atoms with E-state index in [2.05, 4.69) is 28.6 Å². The molecular formula is C21H22F3N3O2S. The van der Waals surface area contributed by atoms with Gasteiger partial charge >= 0.3 is 6.18 Å². The minimum Gasteiger partial charge on any atom is -0.475 e. The minimum absolute atomic E-state index is 0.0530. The summed E-state index contributed by atoms with van der Waals surface area (Å²) in [6.07, 6.45) is -1.13. The van der Waals surface area contributed by atoms with Crippen LogP contribution in [0.4, 0.5) is 13.2 Å². The predicted molar refractivity (Wildman–Crippen MR) is 109 cm³/mol. The SMILES string of the molecule is C[C@@H](NC(=O)C[C@@H]1C[C@@H]1c1ccc2cnn(C)c2c1)c1ccc(OCC(F)(F)F)s1. The number of fused-ring (bicyclic) bond motifs is 1. The maximum Gasteiger partial charge on any atom is 0.422 e. The largest absolute Gasteiger partial charge is 0.475 e. The number of nitrogens with one attached hydrogen (secondary N) is 1. The van der Waals surface area contributed by atoms with Crippen molar-refractivity contribution in [2.45, 2.75) is 37.9 Å². The number of amides is 1. The molecule has 0 radical (unpaired) electrons. The summed E-state index contributed by atoms with van der Waals surface area (Å²) < 4.78 is 43.4. The van der Waals surface area contributed by atoms with Gasteiger partial charge in [0.15, 0.2) is 11.7 Å². The lowest BCUT2D eigenvalue weighted by molar-refractivity contribution is -0.152. The number of rotatable bonds is 7. The lowest BCUT2D eigenvalue weighted by atomic mass is 10.1. The van der Waals surface area contributed by atoms with Crippen molar-refractivity contribution in [3.63, 3.8) is 0 Å². The second-order valence-electron chi connectivity index (χ2n) is 7.74. The summed E-state index contributed by atoms with van der Waals surface area (Å²) in [5.74, 6) is 0.620. The summed E-state index contributed by atoms with van der Waals surface area (Å²) in [7, 11) is 1.91. The van der Waals surface area contributed by atoms with Crippen LogP contribution in [-0.4, -0.2) is 28.5 Å². The Balaban J connectivity index is 1.28. The van der Waals surface area contributed by atoms with Crippen LogP contribution in [0.1, 0.15) is 42.2 Å². The Morgan fingerprint density at radius 1 is 1.37 bits per heavy atom. The van der Waals surface area contributed by atoms with Crippen LogP contribution in [0, 0.1) is 5.92 Å². The number of aryl methyl sites for hydroxylation is 1. The van der Waals surface area contributed by atoms with Crippen molar-refractivity contribution in [1.82, 2.24) is 15.1 Å². The van der Waals surface area contributed by atoms with Gasteiger partial charge in [0.2, 0.25) is 5.91 Å². The van der Waals surface area contributed by atoms with Crippen LogP contribution in [0.2, 0.25) is 0 Å². The third-order valence-electron chi connectivity index (χ3n) is 5.36. The number of halogens is 3. The van der Waals surface area contributed by atoms with Gasteiger partial charge < -0.3 is 10.1 Å². The van der Waals surface area contributed by atoms with E-state index in [-0.39, 0.29) is 17.0 Å². The molecule has 0 bridgehead atoms. The fourth-order valence-corrected chi connectivity index (χ4v) is 4.54. The molecule has 1 N–H and O–H groups in total. The Labute approximate surface area is 175 Å². The molecule has 1 fully saturated rings. The Morgan fingerprint density at radius 3 is 2.93 bits per heavy atom. The first-order valence-corrected chi connectivity index (χ1v) is 10.5. The number of ether oxygens (including phenoxy) is 1. The summed E-state index contributed by atoms with van der Waals surface area (Å²) in [6, 6.07) is 9.20. The molecule has 1 amide bonds. The van der Waals surface area contributed by atoms with Gasteiger partial charge in [-0.15, -0.1) is 11.3 Å². The van der Waals surface area contributed by atoms with E-state index in [1.54, 1.807) is 6.07 Å². The number of aromatic nitrogens is 2. The molecule has 3 atom stereocenters. The van der Waals surface area contributed by atoms with Crippen LogP contribution in [0.5, 0.6) is 5.06 Å². The maximum absolute atomic E-state index is 12.4. The third-order valence-corrected chi connectivity index (χ3v) is 6.54. The van der Waals surface area contributed by atoms with E-state index in [4.69, 9.17) is 4.74 Å². The fourth-order valence-electron chi connectivity index (χ4n) is 3.68. The molecule has 4 rings (SSSR count). The first kappa shape index (κ1) is 20.7. The Morgan fingerprint density at radius 2 is 2.17 bits per heavy atom. The van der Waals surface area contributed by atoms with E-state index in [0.29, 0.717) is 18.3 Å². The van der Waals surface area contributed by atoms with Crippen LogP contribution < -0.4 is 10.1 Å². The Hall–Kier alpha value is -2.55. The van der Waals surface area contributed by atoms with E-state index < -0.39 is 12.8 Å². The van der Waals surface area contributed by atoms with Gasteiger partial charge in [-0.3, -0.25) is 9.48 Å². The van der Waals surface area contributed by atoms with Crippen LogP contribution in [0.3, 0.4) is 0 Å². The fraction of sp³-hybridized carbons (Fsp3) is 0.429. The van der Waals surface area contributed by atoms with Crippen LogP contribution in [0.15, 0.2) is 36.5 Å². The molecule has 0 saturated heterocycles. The topological polar surface area (TPSA) is 56.2 Å². The standard InChI is InChI=1S/C21H22F3N3O2S/c1-12(18-5-6-20(30-18)29-11-21(22,23)24)26-19(28)9-15-7-16(15)13-3-4-14-10-25-27(2)17(14)8-13/h3-6,8,10,12,15-16H,7,9,11H2,1-2H3,(H,26,28)/t12-,15+,16-/m1/s1. The molecule has 0 unspecified atom stereocenters. The number of carbonyl (C=O) groups is 1. The van der Waals surface area contributed by atoms with Gasteiger partial charge in [0.05, 0.1) is 17.8 Å². The van der Waals surface area contributed by atoms with Gasteiger partial charge in [-0.1, -0.05) is 12.1 Å². The van der Waals surface area contributed by atoms with Crippen molar-refractivity contribution >= 4 is 28.1 Å². The second-order valence-corrected chi connectivity index (χ2v) is 8.82. The highest BCUT2D eigenvalue weighted by Crippen LogP contribution is 2.50. The van der Waals surface area contributed by atoms with E-state index >= 15 is 0 Å². The highest BCUT2D eigenvalue weighted by Gasteiger charge is 2.39. The average Bonchev–Trinajstić information content (AvgIpc) is 3.10. The zero-order valence-corrected chi connectivity index (χ0v) is 17.4. The van der Waals surface area contributed by atoms with Crippen molar-refractivity contribution < 1.29 is 22.7 Å². The minimum atomic E-state index is -4.37. The zero-order valence-electron chi connectivity index (χ0n) is 16.6. The molecule has 1 aliphatic rings. The van der Waals surface area contributed by atoms with Gasteiger partial charge in [0, 0.05) is 23.7 Å². The van der Waals surface area contributed by atoms with Gasteiger partial charge in [-0.2, -0.15) is 18.3 Å². The number of nitrogens with zero attached hydrogens (tertiary/aromatic N) is 2. The average molecular weight is 437 g/mol. The summed E-state index contributed by atoms with van der Waals surface area (Å²) in [4.78, 5) is 13.2.